The average molecular weight is 227 g/mol. The van der Waals surface area contributed by atoms with E-state index in [1.54, 1.807) is 11.3 Å². The predicted octanol–water partition coefficient (Wildman–Crippen LogP) is 2.95. The quantitative estimate of drug-likeness (QED) is 0.669. The van der Waals surface area contributed by atoms with Gasteiger partial charge in [-0.2, -0.15) is 11.3 Å². The lowest BCUT2D eigenvalue weighted by Crippen LogP contribution is -2.19. The first-order valence-electron chi connectivity index (χ1n) is 5.71. The molecule has 3 heteroatoms. The molecule has 0 aliphatic heterocycles. The minimum atomic E-state index is 0.332. The molecule has 86 valence electrons. The van der Waals surface area contributed by atoms with Crippen molar-refractivity contribution in [2.75, 3.05) is 13.2 Å². The summed E-state index contributed by atoms with van der Waals surface area (Å²) in [6.45, 7) is 3.61. The number of hydrogen-bond acceptors (Lipinski definition) is 3. The Hall–Kier alpha value is -0.380. The van der Waals surface area contributed by atoms with Gasteiger partial charge in [0.25, 0.3) is 0 Å². The molecule has 1 heterocycles. The van der Waals surface area contributed by atoms with Crippen molar-refractivity contribution in [3.63, 3.8) is 0 Å². The summed E-state index contributed by atoms with van der Waals surface area (Å²) in [5.41, 5.74) is 1.38. The molecule has 0 aliphatic carbocycles. The molecule has 0 saturated carbocycles. The van der Waals surface area contributed by atoms with Crippen LogP contribution in [0.2, 0.25) is 0 Å². The second kappa shape index (κ2) is 7.85. The molecule has 0 saturated heterocycles. The molecule has 0 spiro atoms. The van der Waals surface area contributed by atoms with Crippen LogP contribution in [-0.2, 0) is 0 Å². The highest BCUT2D eigenvalue weighted by Crippen LogP contribution is 2.15. The Labute approximate surface area is 96.3 Å². The Bertz CT molecular complexity index is 236. The van der Waals surface area contributed by atoms with E-state index >= 15 is 0 Å². The third kappa shape index (κ3) is 5.30. The Morgan fingerprint density at radius 2 is 2.13 bits per heavy atom. The fraction of sp³-hybridized carbons (Fsp3) is 0.667. The fourth-order valence-electron chi connectivity index (χ4n) is 1.55. The van der Waals surface area contributed by atoms with Crippen LogP contribution in [-0.4, -0.2) is 18.3 Å². The lowest BCUT2D eigenvalue weighted by Gasteiger charge is -2.11. The minimum absolute atomic E-state index is 0.332. The summed E-state index contributed by atoms with van der Waals surface area (Å²) in [5.74, 6) is 0. The highest BCUT2D eigenvalue weighted by Gasteiger charge is 2.03. The first kappa shape index (κ1) is 12.7. The maximum atomic E-state index is 8.62. The van der Waals surface area contributed by atoms with E-state index in [-0.39, 0.29) is 0 Å². The van der Waals surface area contributed by atoms with Crippen molar-refractivity contribution in [3.8, 4) is 0 Å². The van der Waals surface area contributed by atoms with E-state index < -0.39 is 0 Å². The molecule has 0 bridgehead atoms. The number of aliphatic hydroxyl groups is 1. The van der Waals surface area contributed by atoms with Gasteiger partial charge in [0, 0.05) is 12.6 Å². The van der Waals surface area contributed by atoms with Gasteiger partial charge in [0.05, 0.1) is 0 Å². The molecule has 1 aromatic heterocycles. The second-order valence-corrected chi connectivity index (χ2v) is 4.65. The van der Waals surface area contributed by atoms with Crippen molar-refractivity contribution >= 4 is 11.3 Å². The van der Waals surface area contributed by atoms with E-state index in [2.05, 4.69) is 29.1 Å². The van der Waals surface area contributed by atoms with E-state index in [0.29, 0.717) is 12.6 Å². The van der Waals surface area contributed by atoms with Gasteiger partial charge in [-0.15, -0.1) is 0 Å². The molecule has 0 aliphatic rings. The molecule has 1 unspecified atom stereocenters. The third-order valence-corrected chi connectivity index (χ3v) is 3.28. The maximum absolute atomic E-state index is 8.62. The van der Waals surface area contributed by atoms with Gasteiger partial charge in [0.2, 0.25) is 0 Å². The molecule has 15 heavy (non-hydrogen) atoms. The standard InChI is InChI=1S/C12H21NOS/c1-11(12-6-9-15-10-12)13-7-4-2-3-5-8-14/h6,9-11,13-14H,2-5,7-8H2,1H3. The molecule has 0 aromatic carbocycles. The summed E-state index contributed by atoms with van der Waals surface area (Å²) >= 11 is 1.75. The molecule has 0 amide bonds. The molecular weight excluding hydrogens is 206 g/mol. The van der Waals surface area contributed by atoms with Crippen molar-refractivity contribution in [2.24, 2.45) is 0 Å². The predicted molar refractivity (Wildman–Crippen MR) is 66.3 cm³/mol. The van der Waals surface area contributed by atoms with Crippen LogP contribution >= 0.6 is 11.3 Å². The number of aliphatic hydroxyl groups excluding tert-OH is 1. The number of nitrogens with one attached hydrogen (secondary N) is 1. The smallest absolute Gasteiger partial charge is 0.0431 e. The van der Waals surface area contributed by atoms with Gasteiger partial charge >= 0.3 is 0 Å². The summed E-state index contributed by atoms with van der Waals surface area (Å²) in [5, 5.41) is 16.4. The van der Waals surface area contributed by atoms with Gasteiger partial charge in [-0.25, -0.2) is 0 Å². The van der Waals surface area contributed by atoms with Gasteiger partial charge in [-0.05, 0) is 48.7 Å². The zero-order valence-corrected chi connectivity index (χ0v) is 10.2. The summed E-state index contributed by atoms with van der Waals surface area (Å²) < 4.78 is 0. The Kier molecular flexibility index (Phi) is 6.64. The minimum Gasteiger partial charge on any atom is -0.396 e. The number of unbranched alkanes of at least 4 members (excludes halogenated alkanes) is 3. The van der Waals surface area contributed by atoms with Crippen LogP contribution < -0.4 is 5.32 Å². The van der Waals surface area contributed by atoms with E-state index in [1.165, 1.54) is 18.4 Å². The summed E-state index contributed by atoms with van der Waals surface area (Å²) in [6, 6.07) is 2.64. The van der Waals surface area contributed by atoms with Crippen LogP contribution in [0.3, 0.4) is 0 Å². The van der Waals surface area contributed by atoms with E-state index in [0.717, 1.165) is 19.4 Å². The maximum Gasteiger partial charge on any atom is 0.0431 e. The summed E-state index contributed by atoms with van der Waals surface area (Å²) in [7, 11) is 0. The van der Waals surface area contributed by atoms with Crippen LogP contribution in [0.1, 0.15) is 44.2 Å². The molecule has 1 atom stereocenters. The van der Waals surface area contributed by atoms with E-state index in [4.69, 9.17) is 5.11 Å². The monoisotopic (exact) mass is 227 g/mol. The number of thiophene rings is 1. The molecule has 2 N–H and O–H groups in total. The number of hydrogen-bond donors (Lipinski definition) is 2. The van der Waals surface area contributed by atoms with E-state index in [1.807, 2.05) is 0 Å². The van der Waals surface area contributed by atoms with Crippen molar-refractivity contribution in [2.45, 2.75) is 38.6 Å². The van der Waals surface area contributed by atoms with E-state index in [9.17, 15) is 0 Å². The Balaban J connectivity index is 2.00. The first-order valence-corrected chi connectivity index (χ1v) is 6.65. The van der Waals surface area contributed by atoms with Crippen molar-refractivity contribution < 1.29 is 5.11 Å². The SMILES string of the molecule is CC(NCCCCCCO)c1ccsc1. The molecular formula is C12H21NOS. The molecule has 0 radical (unpaired) electrons. The lowest BCUT2D eigenvalue weighted by atomic mass is 10.1. The van der Waals surface area contributed by atoms with Crippen molar-refractivity contribution in [3.05, 3.63) is 22.4 Å². The Morgan fingerprint density at radius 1 is 1.33 bits per heavy atom. The second-order valence-electron chi connectivity index (χ2n) is 3.87. The van der Waals surface area contributed by atoms with Gasteiger partial charge in [0.1, 0.15) is 0 Å². The fourth-order valence-corrected chi connectivity index (χ4v) is 2.30. The largest absolute Gasteiger partial charge is 0.396 e. The van der Waals surface area contributed by atoms with Crippen LogP contribution in [0.4, 0.5) is 0 Å². The topological polar surface area (TPSA) is 32.3 Å². The van der Waals surface area contributed by atoms with Crippen LogP contribution in [0.25, 0.3) is 0 Å². The van der Waals surface area contributed by atoms with Gasteiger partial charge in [-0.1, -0.05) is 12.8 Å². The van der Waals surface area contributed by atoms with Crippen LogP contribution in [0.15, 0.2) is 16.8 Å². The summed E-state index contributed by atoms with van der Waals surface area (Å²) in [4.78, 5) is 0. The van der Waals surface area contributed by atoms with Gasteiger partial charge in [-0.3, -0.25) is 0 Å². The number of rotatable bonds is 8. The average Bonchev–Trinajstić information content (AvgIpc) is 2.76. The Morgan fingerprint density at radius 3 is 2.80 bits per heavy atom. The highest BCUT2D eigenvalue weighted by atomic mass is 32.1. The molecule has 2 nitrogen and oxygen atoms in total. The molecule has 1 rings (SSSR count). The summed E-state index contributed by atoms with van der Waals surface area (Å²) in [6.07, 6.45) is 4.50. The first-order chi connectivity index (χ1) is 7.34. The third-order valence-electron chi connectivity index (χ3n) is 2.58. The highest BCUT2D eigenvalue weighted by molar-refractivity contribution is 7.07. The van der Waals surface area contributed by atoms with Crippen LogP contribution in [0, 0.1) is 0 Å². The van der Waals surface area contributed by atoms with Crippen LogP contribution in [0.5, 0.6) is 0 Å². The zero-order chi connectivity index (χ0) is 10.9. The zero-order valence-electron chi connectivity index (χ0n) is 9.41. The normalized spacial score (nSPS) is 12.9. The van der Waals surface area contributed by atoms with Crippen molar-refractivity contribution in [1.29, 1.82) is 0 Å². The van der Waals surface area contributed by atoms with Crippen molar-refractivity contribution in [1.82, 2.24) is 5.32 Å². The van der Waals surface area contributed by atoms with Gasteiger partial charge < -0.3 is 10.4 Å². The lowest BCUT2D eigenvalue weighted by molar-refractivity contribution is 0.282. The van der Waals surface area contributed by atoms with Gasteiger partial charge in [0.15, 0.2) is 0 Å². The molecule has 1 aromatic rings. The molecule has 0 fully saturated rings.